The molecule has 600 valence electrons. The number of nitrogens with zero attached hydrogens (tertiary/aromatic N) is 2. The molecule has 124 heavy (non-hydrogen) atoms. The summed E-state index contributed by atoms with van der Waals surface area (Å²) in [6.45, 7) is 1.84. The Morgan fingerprint density at radius 2 is 0.484 bits per heavy atom. The van der Waals surface area contributed by atoms with Gasteiger partial charge in [-0.15, -0.1) is 0 Å². The van der Waals surface area contributed by atoms with Crippen molar-refractivity contribution in [3.05, 3.63) is 385 Å². The SMILES string of the molecule is O=C(Oc1ccc(OCC2CO2)cc1)C(c1ccccc1)N1C(=O)c2cc(Oc3ccc(-c4ccccc4)cc3)c3c4c(Oc5ccc(-c6ccccc6)cc5)cc5c6c(cc(Oc7ccc(-c8ccccc8)cc7)c(c7c(Oc8ccc(-c9ccccc9)cc8)cc(c2c37)C1=O)c64)C(=O)N(C(C(=O)Oc1ccc(OCC2CO2)cc1)c1ccccc1)C5=O. The van der Waals surface area contributed by atoms with E-state index in [1.54, 1.807) is 182 Å². The first kappa shape index (κ1) is 75.5. The number of amides is 4. The Bertz CT molecular complexity index is 6280. The monoisotopic (exact) mass is 1630 g/mol. The number of benzene rings is 17. The number of epoxide rings is 2. The Morgan fingerprint density at radius 1 is 0.266 bits per heavy atom. The normalized spacial score (nSPS) is 14.9. The molecule has 21 rings (SSSR count). The molecule has 18 heteroatoms. The fourth-order valence-corrected chi connectivity index (χ4v) is 16.5. The second kappa shape index (κ2) is 31.9. The molecule has 0 aliphatic carbocycles. The van der Waals surface area contributed by atoms with Crippen LogP contribution in [0.5, 0.6) is 69.0 Å². The zero-order valence-corrected chi connectivity index (χ0v) is 66.1. The third-order valence-electron chi connectivity index (χ3n) is 22.7. The summed E-state index contributed by atoms with van der Waals surface area (Å²) >= 11 is 0. The molecule has 4 heterocycles. The highest BCUT2D eigenvalue weighted by Crippen LogP contribution is 2.59. The standard InChI is InChI=1S/C106H70N2O16/c109-101-83-55-87(119-75-39-31-67(32-40-75)63-19-7-1-8-20-63)93-94-88(120-76-41-33-68(34-42-76)64-21-9-2-10-22-64)56-85-92-86(104(112)108(103(85)111)100(72-29-17-6-18-30-72)106(114)124-80-53-49-74(50-54-80)116-60-82-62-118-82)58-90(122-78-45-37-70(38-46-78)66-25-13-4-14-26-66)96(98(92)94)95-89(121-77-43-35-69(36-44-77)65-23-11-3-12-24-65)57-84(91(83)97(93)95)102(110)107(101)99(71-27-15-5-16-28-71)105(113)123-79-51-47-73(48-52-79)115-59-81-61-117-81/h1-58,81-82,99-100H,59-62H2. The van der Waals surface area contributed by atoms with E-state index in [0.29, 0.717) is 37.9 Å². The minimum atomic E-state index is -1.74. The van der Waals surface area contributed by atoms with Gasteiger partial charge >= 0.3 is 11.9 Å². The van der Waals surface area contributed by atoms with Gasteiger partial charge in [0.25, 0.3) is 23.6 Å². The maximum Gasteiger partial charge on any atom is 0.339 e. The van der Waals surface area contributed by atoms with Gasteiger partial charge in [0.05, 0.1) is 35.5 Å². The van der Waals surface area contributed by atoms with E-state index in [2.05, 4.69) is 0 Å². The first-order valence-corrected chi connectivity index (χ1v) is 40.6. The van der Waals surface area contributed by atoms with Crippen LogP contribution in [-0.4, -0.2) is 84.0 Å². The summed E-state index contributed by atoms with van der Waals surface area (Å²) in [5.41, 5.74) is 7.30. The average Bonchev–Trinajstić information content (AvgIpc) is 0.797. The lowest BCUT2D eigenvalue weighted by Crippen LogP contribution is -2.47. The van der Waals surface area contributed by atoms with Gasteiger partial charge in [0, 0.05) is 43.1 Å². The molecule has 2 saturated heterocycles. The molecule has 4 aliphatic heterocycles. The lowest BCUT2D eigenvalue weighted by molar-refractivity contribution is -0.139. The summed E-state index contributed by atoms with van der Waals surface area (Å²) in [6.07, 6.45) is -0.0389. The van der Waals surface area contributed by atoms with Gasteiger partial charge in [0.15, 0.2) is 12.1 Å². The summed E-state index contributed by atoms with van der Waals surface area (Å²) in [7, 11) is 0. The predicted molar refractivity (Wildman–Crippen MR) is 469 cm³/mol. The molecule has 0 saturated carbocycles. The van der Waals surface area contributed by atoms with Crippen molar-refractivity contribution in [2.24, 2.45) is 0 Å². The van der Waals surface area contributed by atoms with E-state index in [1.807, 2.05) is 170 Å². The van der Waals surface area contributed by atoms with Crippen molar-refractivity contribution >= 4 is 78.7 Å². The van der Waals surface area contributed by atoms with Crippen LogP contribution >= 0.6 is 0 Å². The Kier molecular flexibility index (Phi) is 19.4. The fraction of sp³-hybridized carbons (Fsp3) is 0.0755. The molecule has 0 radical (unpaired) electrons. The summed E-state index contributed by atoms with van der Waals surface area (Å²) < 4.78 is 65.0. The lowest BCUT2D eigenvalue weighted by atomic mass is 9.80. The largest absolute Gasteiger partial charge is 0.491 e. The molecule has 4 unspecified atom stereocenters. The molecule has 18 nitrogen and oxygen atoms in total. The molecule has 17 aromatic rings. The number of fused-ring (bicyclic) bond motifs is 2. The Hall–Kier alpha value is -16.0. The van der Waals surface area contributed by atoms with Gasteiger partial charge in [-0.25, -0.2) is 9.59 Å². The number of hydrogen-bond acceptors (Lipinski definition) is 16. The Balaban J connectivity index is 0.846. The number of esters is 2. The highest BCUT2D eigenvalue weighted by molar-refractivity contribution is 6.45. The van der Waals surface area contributed by atoms with Crippen molar-refractivity contribution in [2.75, 3.05) is 26.4 Å². The van der Waals surface area contributed by atoms with E-state index in [1.165, 1.54) is 0 Å². The summed E-state index contributed by atoms with van der Waals surface area (Å²) in [6, 6.07) is 102. The highest BCUT2D eigenvalue weighted by atomic mass is 16.6. The maximum atomic E-state index is 17.0. The molecular formula is C106H70N2O16. The van der Waals surface area contributed by atoms with E-state index in [9.17, 15) is 0 Å². The molecule has 0 spiro atoms. The molecule has 0 aromatic heterocycles. The predicted octanol–water partition coefficient (Wildman–Crippen LogP) is 23.0. The van der Waals surface area contributed by atoms with Crippen LogP contribution in [-0.2, 0) is 19.1 Å². The van der Waals surface area contributed by atoms with Gasteiger partial charge in [0.2, 0.25) is 0 Å². The van der Waals surface area contributed by atoms with Gasteiger partial charge in [-0.3, -0.25) is 29.0 Å². The van der Waals surface area contributed by atoms with Gasteiger partial charge < -0.3 is 47.4 Å². The van der Waals surface area contributed by atoms with Crippen LogP contribution in [0.15, 0.2) is 352 Å². The van der Waals surface area contributed by atoms with Gasteiger partial charge in [-0.2, -0.15) is 0 Å². The minimum absolute atomic E-state index is 0.0108. The van der Waals surface area contributed by atoms with E-state index >= 15 is 28.8 Å². The number of carbonyl (C=O) groups excluding carboxylic acids is 6. The third kappa shape index (κ3) is 14.5. The molecule has 17 aromatic carbocycles. The van der Waals surface area contributed by atoms with Crippen LogP contribution in [0, 0.1) is 0 Å². The van der Waals surface area contributed by atoms with Crippen LogP contribution in [0.2, 0.25) is 0 Å². The van der Waals surface area contributed by atoms with Crippen molar-refractivity contribution in [3.63, 3.8) is 0 Å². The number of hydrogen-bond donors (Lipinski definition) is 0. The average molecular weight is 1630 g/mol. The minimum Gasteiger partial charge on any atom is -0.491 e. The third-order valence-corrected chi connectivity index (χ3v) is 22.7. The second-order valence-electron chi connectivity index (χ2n) is 30.6. The zero-order chi connectivity index (χ0) is 83.5. The van der Waals surface area contributed by atoms with Crippen molar-refractivity contribution in [1.29, 1.82) is 0 Å². The summed E-state index contributed by atoms with van der Waals surface area (Å²) in [5.74, 6) is -3.15. The first-order valence-electron chi connectivity index (χ1n) is 40.6. The van der Waals surface area contributed by atoms with Crippen molar-refractivity contribution in [3.8, 4) is 114 Å². The van der Waals surface area contributed by atoms with Crippen LogP contribution in [0.3, 0.4) is 0 Å². The smallest absolute Gasteiger partial charge is 0.339 e. The van der Waals surface area contributed by atoms with Crippen molar-refractivity contribution in [1.82, 2.24) is 9.80 Å². The van der Waals surface area contributed by atoms with E-state index in [4.69, 9.17) is 47.4 Å². The van der Waals surface area contributed by atoms with E-state index in [-0.39, 0.29) is 146 Å². The quantitative estimate of drug-likeness (QED) is 0.0123. The van der Waals surface area contributed by atoms with Crippen LogP contribution in [0.1, 0.15) is 64.6 Å². The molecule has 0 N–H and O–H groups in total. The number of ether oxygens (including phenoxy) is 10. The molecule has 0 bridgehead atoms. The Labute approximate surface area is 710 Å². The number of rotatable bonds is 26. The number of carbonyl (C=O) groups is 6. The molecule has 4 atom stereocenters. The highest BCUT2D eigenvalue weighted by Gasteiger charge is 2.48. The van der Waals surface area contributed by atoms with Crippen molar-refractivity contribution < 1.29 is 76.1 Å². The lowest BCUT2D eigenvalue weighted by Gasteiger charge is -2.35. The number of imide groups is 2. The van der Waals surface area contributed by atoms with E-state index in [0.717, 1.165) is 54.3 Å². The molecule has 4 amide bonds. The van der Waals surface area contributed by atoms with Crippen LogP contribution in [0.25, 0.3) is 87.6 Å². The maximum absolute atomic E-state index is 17.0. The fourth-order valence-electron chi connectivity index (χ4n) is 16.5. The molecule has 2 fully saturated rings. The van der Waals surface area contributed by atoms with E-state index < -0.39 is 47.7 Å². The van der Waals surface area contributed by atoms with Crippen LogP contribution < -0.4 is 37.9 Å². The Morgan fingerprint density at radius 3 is 0.726 bits per heavy atom. The van der Waals surface area contributed by atoms with Crippen LogP contribution in [0.4, 0.5) is 0 Å². The molecule has 4 aliphatic rings. The van der Waals surface area contributed by atoms with Gasteiger partial charge in [0.1, 0.15) is 94.4 Å². The van der Waals surface area contributed by atoms with Gasteiger partial charge in [-0.1, -0.05) is 231 Å². The topological polar surface area (TPSA) is 208 Å². The second-order valence-corrected chi connectivity index (χ2v) is 30.6. The van der Waals surface area contributed by atoms with Gasteiger partial charge in [-0.05, 0) is 177 Å². The summed E-state index contributed by atoms with van der Waals surface area (Å²) in [5, 5.41) is 1.49. The zero-order valence-electron chi connectivity index (χ0n) is 66.1. The summed E-state index contributed by atoms with van der Waals surface area (Å²) in [4.78, 5) is 101. The first-order chi connectivity index (χ1) is 60.9. The van der Waals surface area contributed by atoms with Crippen molar-refractivity contribution in [2.45, 2.75) is 24.3 Å². The molecular weight excluding hydrogens is 1560 g/mol.